The van der Waals surface area contributed by atoms with Gasteiger partial charge in [-0.1, -0.05) is 18.2 Å². The van der Waals surface area contributed by atoms with Crippen LogP contribution in [0.2, 0.25) is 0 Å². The van der Waals surface area contributed by atoms with Crippen LogP contribution in [-0.4, -0.2) is 99.5 Å². The lowest BCUT2D eigenvalue weighted by Gasteiger charge is -2.29. The number of carbonyl (C=O) groups excluding carboxylic acids is 4. The van der Waals surface area contributed by atoms with Gasteiger partial charge in [-0.2, -0.15) is 21.6 Å². The predicted octanol–water partition coefficient (Wildman–Crippen LogP) is 8.10. The predicted molar refractivity (Wildman–Crippen MR) is 204 cm³/mol. The van der Waals surface area contributed by atoms with Crippen molar-refractivity contribution in [2.45, 2.75) is 89.9 Å². The molecule has 2 aromatic carbocycles. The molecule has 0 aromatic heterocycles. The molecular formula is C40H49F3N2O11S. The van der Waals surface area contributed by atoms with E-state index in [4.69, 9.17) is 14.2 Å². The van der Waals surface area contributed by atoms with Gasteiger partial charge in [0.2, 0.25) is 0 Å². The van der Waals surface area contributed by atoms with Crippen LogP contribution in [0.15, 0.2) is 48.6 Å². The van der Waals surface area contributed by atoms with Crippen LogP contribution >= 0.6 is 0 Å². The number of benzene rings is 2. The highest BCUT2D eigenvalue weighted by Gasteiger charge is 2.48. The number of alkyl halides is 3. The number of ether oxygens (including phenoxy) is 4. The van der Waals surface area contributed by atoms with Crippen molar-refractivity contribution < 1.29 is 63.9 Å². The van der Waals surface area contributed by atoms with Crippen molar-refractivity contribution in [1.82, 2.24) is 9.80 Å². The first-order valence-electron chi connectivity index (χ1n) is 18.2. The summed E-state index contributed by atoms with van der Waals surface area (Å²) in [4.78, 5) is 51.4. The third-order valence-corrected chi connectivity index (χ3v) is 9.68. The summed E-state index contributed by atoms with van der Waals surface area (Å²) in [7, 11) is -3.45. The van der Waals surface area contributed by atoms with E-state index < -0.39 is 44.6 Å². The zero-order valence-corrected chi connectivity index (χ0v) is 34.1. The van der Waals surface area contributed by atoms with Gasteiger partial charge < -0.3 is 32.9 Å². The number of hydrogen-bond acceptors (Lipinski definition) is 11. The van der Waals surface area contributed by atoms with Crippen molar-refractivity contribution in [3.05, 3.63) is 76.4 Å². The average Bonchev–Trinajstić information content (AvgIpc) is 3.98. The molecule has 2 aliphatic heterocycles. The maximum Gasteiger partial charge on any atom is 0.534 e. The highest BCUT2D eigenvalue weighted by atomic mass is 32.2. The molecule has 17 heteroatoms. The summed E-state index contributed by atoms with van der Waals surface area (Å²) >= 11 is 0. The summed E-state index contributed by atoms with van der Waals surface area (Å²) in [6, 6.07) is 9.28. The monoisotopic (exact) mass is 822 g/mol. The second kappa shape index (κ2) is 17.6. The van der Waals surface area contributed by atoms with Crippen LogP contribution in [0.5, 0.6) is 5.75 Å². The van der Waals surface area contributed by atoms with Gasteiger partial charge >= 0.3 is 39.8 Å². The van der Waals surface area contributed by atoms with Crippen LogP contribution in [0.25, 0.3) is 11.1 Å². The van der Waals surface area contributed by atoms with Gasteiger partial charge in [0.1, 0.15) is 17.0 Å². The van der Waals surface area contributed by atoms with Gasteiger partial charge in [-0.15, -0.1) is 0 Å². The first kappa shape index (κ1) is 44.7. The Morgan fingerprint density at radius 2 is 1.11 bits per heavy atom. The average molecular weight is 823 g/mol. The molecule has 3 aliphatic rings. The van der Waals surface area contributed by atoms with E-state index in [9.17, 15) is 40.8 Å². The number of methoxy groups -OCH3 is 2. The molecule has 2 aromatic rings. The van der Waals surface area contributed by atoms with E-state index in [1.54, 1.807) is 31.7 Å². The second-order valence-electron chi connectivity index (χ2n) is 15.6. The number of nitrogens with zero attached hydrogens (tertiary/aromatic N) is 2. The molecule has 0 N–H and O–H groups in total. The summed E-state index contributed by atoms with van der Waals surface area (Å²) in [5.41, 5.74) is -2.12. The number of rotatable bonds is 7. The summed E-state index contributed by atoms with van der Waals surface area (Å²) in [5, 5.41) is 0. The van der Waals surface area contributed by atoms with Gasteiger partial charge in [-0.3, -0.25) is 0 Å². The maximum atomic E-state index is 12.7. The molecule has 0 atom stereocenters. The van der Waals surface area contributed by atoms with E-state index >= 15 is 0 Å². The van der Waals surface area contributed by atoms with Crippen LogP contribution in [0.3, 0.4) is 0 Å². The van der Waals surface area contributed by atoms with Crippen molar-refractivity contribution in [2.75, 3.05) is 40.4 Å². The van der Waals surface area contributed by atoms with E-state index in [1.165, 1.54) is 36.5 Å². The minimum Gasteiger partial charge on any atom is -0.465 e. The Morgan fingerprint density at radius 1 is 0.667 bits per heavy atom. The summed E-state index contributed by atoms with van der Waals surface area (Å²) in [6.45, 7) is 12.3. The minimum absolute atomic E-state index is 0.156. The fourth-order valence-electron chi connectivity index (χ4n) is 5.81. The van der Waals surface area contributed by atoms with Gasteiger partial charge in [0, 0.05) is 26.2 Å². The van der Waals surface area contributed by atoms with E-state index in [0.717, 1.165) is 36.8 Å². The van der Waals surface area contributed by atoms with Crippen molar-refractivity contribution in [2.24, 2.45) is 0 Å². The SMILES string of the molecule is COC(=O)c1cc(C2=CCN(C(=O)OC(C)(C)C)CC2)cc(C2CC2)c1.COC(=O)c1cc(OS(=O)(=O)C(F)(F)F)cc(C2=CCN(C(=O)OC(C)(C)C)CC2)c1. The maximum absolute atomic E-state index is 12.7. The Hall–Kier alpha value is -5.06. The van der Waals surface area contributed by atoms with E-state index in [1.807, 2.05) is 32.9 Å². The molecule has 0 saturated heterocycles. The molecule has 0 bridgehead atoms. The molecule has 1 fully saturated rings. The normalized spacial score (nSPS) is 16.3. The van der Waals surface area contributed by atoms with Gasteiger partial charge in [0.05, 0.1) is 25.3 Å². The third kappa shape index (κ3) is 12.7. The second-order valence-corrected chi connectivity index (χ2v) is 17.2. The van der Waals surface area contributed by atoms with E-state index in [-0.39, 0.29) is 42.7 Å². The molecule has 13 nitrogen and oxygen atoms in total. The number of amides is 2. The summed E-state index contributed by atoms with van der Waals surface area (Å²) < 4.78 is 85.1. The summed E-state index contributed by atoms with van der Waals surface area (Å²) in [5.74, 6) is -1.32. The first-order valence-corrected chi connectivity index (χ1v) is 19.6. The molecule has 57 heavy (non-hydrogen) atoms. The molecule has 1 saturated carbocycles. The smallest absolute Gasteiger partial charge is 0.465 e. The Labute approximate surface area is 330 Å². The van der Waals surface area contributed by atoms with E-state index in [2.05, 4.69) is 21.1 Å². The van der Waals surface area contributed by atoms with Crippen molar-refractivity contribution in [3.63, 3.8) is 0 Å². The van der Waals surface area contributed by atoms with Gasteiger partial charge in [0.15, 0.2) is 0 Å². The first-order chi connectivity index (χ1) is 26.4. The number of carbonyl (C=O) groups is 4. The Balaban J connectivity index is 0.000000256. The zero-order chi connectivity index (χ0) is 42.5. The highest BCUT2D eigenvalue weighted by Crippen LogP contribution is 2.42. The molecular weight excluding hydrogens is 774 g/mol. The van der Waals surface area contributed by atoms with Crippen molar-refractivity contribution in [1.29, 1.82) is 0 Å². The zero-order valence-electron chi connectivity index (χ0n) is 33.3. The molecule has 0 radical (unpaired) electrons. The molecule has 5 rings (SSSR count). The lowest BCUT2D eigenvalue weighted by Crippen LogP contribution is -2.39. The minimum atomic E-state index is -5.93. The molecule has 0 unspecified atom stereocenters. The lowest BCUT2D eigenvalue weighted by atomic mass is 9.94. The molecule has 2 amide bonds. The van der Waals surface area contributed by atoms with Gasteiger partial charge in [0.25, 0.3) is 0 Å². The number of esters is 2. The van der Waals surface area contributed by atoms with Gasteiger partial charge in [-0.25, -0.2) is 19.2 Å². The Bertz CT molecular complexity index is 2030. The molecule has 2 heterocycles. The van der Waals surface area contributed by atoms with Crippen LogP contribution < -0.4 is 4.18 Å². The van der Waals surface area contributed by atoms with Gasteiger partial charge in [-0.05, 0) is 131 Å². The van der Waals surface area contributed by atoms with Crippen molar-refractivity contribution in [3.8, 4) is 5.75 Å². The largest absolute Gasteiger partial charge is 0.534 e. The molecule has 1 aliphatic carbocycles. The highest BCUT2D eigenvalue weighted by molar-refractivity contribution is 7.88. The quantitative estimate of drug-likeness (QED) is 0.115. The van der Waals surface area contributed by atoms with Crippen molar-refractivity contribution >= 4 is 45.4 Å². The Morgan fingerprint density at radius 3 is 1.47 bits per heavy atom. The molecule has 0 spiro atoms. The lowest BCUT2D eigenvalue weighted by molar-refractivity contribution is -0.0500. The fraction of sp³-hybridized carbons (Fsp3) is 0.500. The van der Waals surface area contributed by atoms with Crippen LogP contribution in [0, 0.1) is 0 Å². The topological polar surface area (TPSA) is 155 Å². The third-order valence-electron chi connectivity index (χ3n) is 8.71. The van der Waals surface area contributed by atoms with Crippen LogP contribution in [-0.2, 0) is 29.1 Å². The Kier molecular flexibility index (Phi) is 13.8. The van der Waals surface area contributed by atoms with Crippen LogP contribution in [0.4, 0.5) is 22.8 Å². The molecule has 312 valence electrons. The standard InChI is InChI=1S/C21H27NO4.C19H22F3NO7S/c1-21(2,3)26-20(24)22-9-7-15(8-10-22)17-11-16(14-5-6-14)12-18(13-17)19(23)25-4;1-18(2,3)29-17(25)23-7-5-12(6-8-23)13-9-14(16(24)28-4)11-15(10-13)30-31(26,27)19(20,21)22/h7,11-14H,5-6,8-10H2,1-4H3;5,9-11H,6-8H2,1-4H3. The number of halogens is 3. The summed E-state index contributed by atoms with van der Waals surface area (Å²) in [6.07, 6.45) is 6.27. The van der Waals surface area contributed by atoms with E-state index in [0.29, 0.717) is 30.1 Å². The number of hydrogen-bond donors (Lipinski definition) is 0. The van der Waals surface area contributed by atoms with Crippen LogP contribution in [0.1, 0.15) is 111 Å². The fourth-order valence-corrected chi connectivity index (χ4v) is 6.26.